The van der Waals surface area contributed by atoms with E-state index in [1.165, 1.54) is 25.1 Å². The summed E-state index contributed by atoms with van der Waals surface area (Å²) in [4.78, 5) is 12.1. The zero-order valence-electron chi connectivity index (χ0n) is 13.2. The van der Waals surface area contributed by atoms with E-state index in [4.69, 9.17) is 9.72 Å². The highest BCUT2D eigenvalue weighted by molar-refractivity contribution is 5.71. The monoisotopic (exact) mass is 300 g/mol. The Morgan fingerprint density at radius 1 is 1.18 bits per heavy atom. The summed E-state index contributed by atoms with van der Waals surface area (Å²) in [5, 5.41) is 0. The van der Waals surface area contributed by atoms with E-state index >= 15 is 0 Å². The van der Waals surface area contributed by atoms with Crippen molar-refractivity contribution in [1.82, 2.24) is 19.4 Å². The molecule has 0 saturated carbocycles. The van der Waals surface area contributed by atoms with E-state index in [2.05, 4.69) is 27.6 Å². The fraction of sp³-hybridized carbons (Fsp3) is 0.647. The average Bonchev–Trinajstić information content (AvgIpc) is 2.95. The predicted molar refractivity (Wildman–Crippen MR) is 85.8 cm³/mol. The number of nitrogens with zero attached hydrogens (tertiary/aromatic N) is 4. The molecular weight excluding hydrogens is 276 g/mol. The van der Waals surface area contributed by atoms with Crippen LogP contribution in [0.2, 0.25) is 0 Å². The summed E-state index contributed by atoms with van der Waals surface area (Å²) in [6.07, 6.45) is 8.19. The number of hydrogen-bond acceptors (Lipinski definition) is 4. The van der Waals surface area contributed by atoms with Crippen molar-refractivity contribution in [2.75, 3.05) is 26.8 Å². The van der Waals surface area contributed by atoms with Crippen molar-refractivity contribution in [3.63, 3.8) is 0 Å². The van der Waals surface area contributed by atoms with Crippen LogP contribution in [0.3, 0.4) is 0 Å². The molecule has 1 atom stereocenters. The first-order valence-electron chi connectivity index (χ1n) is 8.45. The van der Waals surface area contributed by atoms with Crippen LogP contribution < -0.4 is 0 Å². The molecule has 1 unspecified atom stereocenters. The van der Waals surface area contributed by atoms with Gasteiger partial charge in [-0.15, -0.1) is 0 Å². The molecule has 5 nitrogen and oxygen atoms in total. The van der Waals surface area contributed by atoms with Crippen molar-refractivity contribution in [1.29, 1.82) is 0 Å². The number of fused-ring (bicyclic) bond motifs is 1. The van der Waals surface area contributed by atoms with Crippen molar-refractivity contribution in [2.24, 2.45) is 0 Å². The van der Waals surface area contributed by atoms with Crippen molar-refractivity contribution >= 4 is 11.2 Å². The van der Waals surface area contributed by atoms with E-state index in [-0.39, 0.29) is 0 Å². The van der Waals surface area contributed by atoms with Crippen LogP contribution in [0.4, 0.5) is 0 Å². The van der Waals surface area contributed by atoms with Crippen LogP contribution in [0.25, 0.3) is 11.2 Å². The summed E-state index contributed by atoms with van der Waals surface area (Å²) in [5.41, 5.74) is 2.07. The van der Waals surface area contributed by atoms with E-state index in [1.807, 2.05) is 12.3 Å². The SMILES string of the molecule is CN1CCCCC1n1c(C2CCOCC2)nc2cccnc21. The van der Waals surface area contributed by atoms with Gasteiger partial charge < -0.3 is 4.74 Å². The first-order valence-corrected chi connectivity index (χ1v) is 8.45. The van der Waals surface area contributed by atoms with E-state index in [9.17, 15) is 0 Å². The Bertz CT molecular complexity index is 647. The highest BCUT2D eigenvalue weighted by Crippen LogP contribution is 2.34. The Morgan fingerprint density at radius 3 is 2.86 bits per heavy atom. The number of rotatable bonds is 2. The summed E-state index contributed by atoms with van der Waals surface area (Å²) in [7, 11) is 2.23. The molecule has 0 N–H and O–H groups in total. The molecular formula is C17H24N4O. The van der Waals surface area contributed by atoms with Crippen LogP contribution in [0.1, 0.15) is 50.0 Å². The van der Waals surface area contributed by atoms with Crippen LogP contribution in [-0.2, 0) is 4.74 Å². The van der Waals surface area contributed by atoms with Gasteiger partial charge in [-0.2, -0.15) is 0 Å². The maximum Gasteiger partial charge on any atom is 0.161 e. The van der Waals surface area contributed by atoms with Gasteiger partial charge in [-0.25, -0.2) is 9.97 Å². The second kappa shape index (κ2) is 5.97. The van der Waals surface area contributed by atoms with Gasteiger partial charge in [-0.3, -0.25) is 9.47 Å². The average molecular weight is 300 g/mol. The minimum absolute atomic E-state index is 0.395. The third-order valence-electron chi connectivity index (χ3n) is 5.09. The Labute approximate surface area is 131 Å². The summed E-state index contributed by atoms with van der Waals surface area (Å²) < 4.78 is 7.96. The van der Waals surface area contributed by atoms with Gasteiger partial charge >= 0.3 is 0 Å². The zero-order valence-corrected chi connectivity index (χ0v) is 13.2. The summed E-state index contributed by atoms with van der Waals surface area (Å²) in [6, 6.07) is 4.07. The molecule has 4 rings (SSSR count). The zero-order chi connectivity index (χ0) is 14.9. The fourth-order valence-electron chi connectivity index (χ4n) is 3.87. The fourth-order valence-corrected chi connectivity index (χ4v) is 3.87. The Balaban J connectivity index is 1.82. The quantitative estimate of drug-likeness (QED) is 0.855. The van der Waals surface area contributed by atoms with Gasteiger partial charge in [0.15, 0.2) is 5.65 Å². The topological polar surface area (TPSA) is 43.2 Å². The lowest BCUT2D eigenvalue weighted by atomic mass is 9.99. The molecule has 2 fully saturated rings. The lowest BCUT2D eigenvalue weighted by molar-refractivity contribution is 0.0779. The van der Waals surface area contributed by atoms with Gasteiger partial charge in [-0.1, -0.05) is 0 Å². The number of pyridine rings is 1. The molecule has 2 aromatic heterocycles. The molecule has 0 amide bonds. The number of aromatic nitrogens is 3. The molecule has 5 heteroatoms. The van der Waals surface area contributed by atoms with Gasteiger partial charge in [0, 0.05) is 25.3 Å². The summed E-state index contributed by atoms with van der Waals surface area (Å²) in [5.74, 6) is 1.72. The number of ether oxygens (including phenoxy) is 1. The second-order valence-corrected chi connectivity index (χ2v) is 6.53. The van der Waals surface area contributed by atoms with Gasteiger partial charge in [0.1, 0.15) is 11.3 Å². The van der Waals surface area contributed by atoms with Crippen LogP contribution in [0, 0.1) is 0 Å². The van der Waals surface area contributed by atoms with Crippen LogP contribution in [0.15, 0.2) is 18.3 Å². The van der Waals surface area contributed by atoms with Gasteiger partial charge in [0.25, 0.3) is 0 Å². The number of hydrogen-bond donors (Lipinski definition) is 0. The number of imidazole rings is 1. The Kier molecular flexibility index (Phi) is 3.84. The van der Waals surface area contributed by atoms with Crippen molar-refractivity contribution < 1.29 is 4.74 Å². The number of piperidine rings is 1. The Hall–Kier alpha value is -1.46. The molecule has 2 aromatic rings. The molecule has 2 aliphatic heterocycles. The first-order chi connectivity index (χ1) is 10.8. The largest absolute Gasteiger partial charge is 0.381 e. The van der Waals surface area contributed by atoms with Crippen molar-refractivity contribution in [3.8, 4) is 0 Å². The Morgan fingerprint density at radius 2 is 2.05 bits per heavy atom. The normalized spacial score (nSPS) is 24.9. The minimum Gasteiger partial charge on any atom is -0.381 e. The van der Waals surface area contributed by atoms with Gasteiger partial charge in [-0.05, 0) is 57.8 Å². The lowest BCUT2D eigenvalue weighted by Gasteiger charge is -2.35. The molecule has 4 heterocycles. The third-order valence-corrected chi connectivity index (χ3v) is 5.09. The van der Waals surface area contributed by atoms with E-state index in [0.717, 1.165) is 43.8 Å². The van der Waals surface area contributed by atoms with Crippen LogP contribution >= 0.6 is 0 Å². The van der Waals surface area contributed by atoms with Crippen molar-refractivity contribution in [2.45, 2.75) is 44.2 Å². The molecule has 118 valence electrons. The molecule has 0 radical (unpaired) electrons. The highest BCUT2D eigenvalue weighted by Gasteiger charge is 2.29. The van der Waals surface area contributed by atoms with Gasteiger partial charge in [0.05, 0.1) is 6.17 Å². The van der Waals surface area contributed by atoms with Crippen LogP contribution in [0.5, 0.6) is 0 Å². The summed E-state index contributed by atoms with van der Waals surface area (Å²) in [6.45, 7) is 2.86. The molecule has 0 aromatic carbocycles. The molecule has 0 aliphatic carbocycles. The predicted octanol–water partition coefficient (Wildman–Crippen LogP) is 2.94. The molecule has 0 bridgehead atoms. The maximum atomic E-state index is 5.54. The van der Waals surface area contributed by atoms with Crippen LogP contribution in [-0.4, -0.2) is 46.2 Å². The molecule has 2 aliphatic rings. The smallest absolute Gasteiger partial charge is 0.161 e. The van der Waals surface area contributed by atoms with E-state index in [0.29, 0.717) is 12.1 Å². The standard InChI is InChI=1S/C17H24N4O/c1-20-10-3-2-6-15(20)21-16(13-7-11-22-12-8-13)19-14-5-4-9-18-17(14)21/h4-5,9,13,15H,2-3,6-8,10-12H2,1H3. The third kappa shape index (κ3) is 2.42. The van der Waals surface area contributed by atoms with Gasteiger partial charge in [0.2, 0.25) is 0 Å². The molecule has 22 heavy (non-hydrogen) atoms. The first kappa shape index (κ1) is 14.2. The summed E-state index contributed by atoms with van der Waals surface area (Å²) >= 11 is 0. The minimum atomic E-state index is 0.395. The number of likely N-dealkylation sites (tertiary alicyclic amines) is 1. The molecule has 0 spiro atoms. The highest BCUT2D eigenvalue weighted by atomic mass is 16.5. The second-order valence-electron chi connectivity index (χ2n) is 6.53. The van der Waals surface area contributed by atoms with Crippen molar-refractivity contribution in [3.05, 3.63) is 24.2 Å². The molecule has 2 saturated heterocycles. The van der Waals surface area contributed by atoms with E-state index in [1.54, 1.807) is 0 Å². The maximum absolute atomic E-state index is 5.54. The van der Waals surface area contributed by atoms with E-state index < -0.39 is 0 Å². The lowest BCUT2D eigenvalue weighted by Crippen LogP contribution is -2.35.